The monoisotopic (exact) mass is 171 g/mol. The fraction of sp³-hybridized carbons (Fsp3) is 0.625. The Balaban J connectivity index is 2.63. The van der Waals surface area contributed by atoms with Crippen molar-refractivity contribution in [2.24, 2.45) is 5.73 Å². The van der Waals surface area contributed by atoms with Gasteiger partial charge < -0.3 is 10.3 Å². The molecule has 0 fully saturated rings. The molecule has 0 aliphatic rings. The lowest BCUT2D eigenvalue weighted by Crippen LogP contribution is -2.12. The van der Waals surface area contributed by atoms with Crippen molar-refractivity contribution in [2.75, 3.05) is 6.54 Å². The number of imidazole rings is 1. The zero-order valence-corrected chi connectivity index (χ0v) is 7.20. The van der Waals surface area contributed by atoms with Crippen LogP contribution in [0.15, 0.2) is 12.5 Å². The molecule has 3 nitrogen and oxygen atoms in total. The lowest BCUT2D eigenvalue weighted by Gasteiger charge is -2.07. The Labute approximate surface area is 71.4 Å². The summed E-state index contributed by atoms with van der Waals surface area (Å²) in [5.41, 5.74) is 6.39. The molecule has 0 spiro atoms. The van der Waals surface area contributed by atoms with Gasteiger partial charge in [0.15, 0.2) is 0 Å². The third-order valence-corrected chi connectivity index (χ3v) is 1.65. The van der Waals surface area contributed by atoms with E-state index in [1.54, 1.807) is 17.1 Å². The van der Waals surface area contributed by atoms with Crippen LogP contribution in [0, 0.1) is 0 Å². The molecule has 68 valence electrons. The first kappa shape index (κ1) is 9.19. The second kappa shape index (κ2) is 4.21. The van der Waals surface area contributed by atoms with Crippen molar-refractivity contribution in [3.63, 3.8) is 0 Å². The highest BCUT2D eigenvalue weighted by molar-refractivity contribution is 4.99. The normalized spacial score (nSPS) is 13.2. The molecule has 1 heterocycles. The molecule has 0 bridgehead atoms. The van der Waals surface area contributed by atoms with Crippen LogP contribution in [-0.4, -0.2) is 22.3 Å². The SMILES string of the molecule is CC(F)Cn1cncc1CCN. The van der Waals surface area contributed by atoms with Gasteiger partial charge in [0.1, 0.15) is 6.17 Å². The van der Waals surface area contributed by atoms with Crippen molar-refractivity contribution in [3.05, 3.63) is 18.2 Å². The Morgan fingerprint density at radius 2 is 2.50 bits per heavy atom. The predicted octanol–water partition coefficient (Wildman–Crippen LogP) is 0.742. The van der Waals surface area contributed by atoms with E-state index in [9.17, 15) is 4.39 Å². The van der Waals surface area contributed by atoms with E-state index in [-0.39, 0.29) is 0 Å². The van der Waals surface area contributed by atoms with E-state index in [1.807, 2.05) is 0 Å². The minimum absolute atomic E-state index is 0.370. The van der Waals surface area contributed by atoms with Gasteiger partial charge in [0, 0.05) is 18.3 Å². The molecule has 1 aromatic rings. The molecule has 1 atom stereocenters. The van der Waals surface area contributed by atoms with Gasteiger partial charge in [-0.3, -0.25) is 0 Å². The summed E-state index contributed by atoms with van der Waals surface area (Å²) in [4.78, 5) is 3.93. The molecular formula is C8H14FN3. The predicted molar refractivity (Wildman–Crippen MR) is 45.6 cm³/mol. The number of hydrogen-bond donors (Lipinski definition) is 1. The molecule has 1 unspecified atom stereocenters. The van der Waals surface area contributed by atoms with Crippen molar-refractivity contribution in [2.45, 2.75) is 26.1 Å². The number of aromatic nitrogens is 2. The molecule has 0 aromatic carbocycles. The maximum atomic E-state index is 12.6. The highest BCUT2D eigenvalue weighted by Crippen LogP contribution is 2.02. The summed E-state index contributed by atoms with van der Waals surface area (Å²) in [6, 6.07) is 0. The first-order valence-electron chi connectivity index (χ1n) is 4.07. The van der Waals surface area contributed by atoms with Gasteiger partial charge in [-0.2, -0.15) is 0 Å². The Morgan fingerprint density at radius 3 is 3.08 bits per heavy atom. The van der Waals surface area contributed by atoms with E-state index in [0.29, 0.717) is 13.1 Å². The molecule has 2 N–H and O–H groups in total. The smallest absolute Gasteiger partial charge is 0.115 e. The molecule has 0 aliphatic carbocycles. The van der Waals surface area contributed by atoms with Crippen LogP contribution in [0.4, 0.5) is 4.39 Å². The van der Waals surface area contributed by atoms with E-state index in [0.717, 1.165) is 12.1 Å². The molecular weight excluding hydrogens is 157 g/mol. The van der Waals surface area contributed by atoms with Crippen LogP contribution < -0.4 is 5.73 Å². The number of alkyl halides is 1. The van der Waals surface area contributed by atoms with Gasteiger partial charge in [-0.15, -0.1) is 0 Å². The summed E-state index contributed by atoms with van der Waals surface area (Å²) in [5, 5.41) is 0. The van der Waals surface area contributed by atoms with E-state index in [2.05, 4.69) is 4.98 Å². The zero-order chi connectivity index (χ0) is 8.97. The largest absolute Gasteiger partial charge is 0.332 e. The number of hydrogen-bond acceptors (Lipinski definition) is 2. The van der Waals surface area contributed by atoms with Crippen LogP contribution >= 0.6 is 0 Å². The molecule has 0 saturated heterocycles. The third kappa shape index (κ3) is 2.30. The maximum absolute atomic E-state index is 12.6. The number of nitrogens with two attached hydrogens (primary N) is 1. The highest BCUT2D eigenvalue weighted by Gasteiger charge is 2.04. The van der Waals surface area contributed by atoms with E-state index < -0.39 is 6.17 Å². The Kier molecular flexibility index (Phi) is 3.22. The Hall–Kier alpha value is -0.900. The third-order valence-electron chi connectivity index (χ3n) is 1.65. The topological polar surface area (TPSA) is 43.8 Å². The summed E-state index contributed by atoms with van der Waals surface area (Å²) in [6.07, 6.45) is 3.29. The second-order valence-corrected chi connectivity index (χ2v) is 2.86. The summed E-state index contributed by atoms with van der Waals surface area (Å²) < 4.78 is 14.4. The Morgan fingerprint density at radius 1 is 1.75 bits per heavy atom. The van der Waals surface area contributed by atoms with Gasteiger partial charge in [0.05, 0.1) is 12.9 Å². The minimum atomic E-state index is -0.837. The first-order chi connectivity index (χ1) is 5.74. The molecule has 1 aromatic heterocycles. The summed E-state index contributed by atoms with van der Waals surface area (Å²) in [7, 11) is 0. The van der Waals surface area contributed by atoms with Crippen LogP contribution in [0.3, 0.4) is 0 Å². The molecule has 1 rings (SSSR count). The fourth-order valence-corrected chi connectivity index (χ4v) is 1.14. The van der Waals surface area contributed by atoms with Gasteiger partial charge in [-0.05, 0) is 13.5 Å². The average Bonchev–Trinajstić information content (AvgIpc) is 2.37. The standard InChI is InChI=1S/C8H14FN3/c1-7(9)5-12-6-11-4-8(12)2-3-10/h4,6-7H,2-3,5,10H2,1H3. The highest BCUT2D eigenvalue weighted by atomic mass is 19.1. The van der Waals surface area contributed by atoms with Crippen molar-refractivity contribution in [3.8, 4) is 0 Å². The molecule has 0 amide bonds. The van der Waals surface area contributed by atoms with E-state index in [1.165, 1.54) is 6.92 Å². The molecule has 12 heavy (non-hydrogen) atoms. The van der Waals surface area contributed by atoms with Crippen LogP contribution in [0.25, 0.3) is 0 Å². The summed E-state index contributed by atoms with van der Waals surface area (Å²) >= 11 is 0. The fourth-order valence-electron chi connectivity index (χ4n) is 1.14. The number of rotatable bonds is 4. The number of nitrogens with zero attached hydrogens (tertiary/aromatic N) is 2. The van der Waals surface area contributed by atoms with Gasteiger partial charge in [-0.25, -0.2) is 9.37 Å². The van der Waals surface area contributed by atoms with E-state index in [4.69, 9.17) is 5.73 Å². The second-order valence-electron chi connectivity index (χ2n) is 2.86. The van der Waals surface area contributed by atoms with Gasteiger partial charge in [-0.1, -0.05) is 0 Å². The van der Waals surface area contributed by atoms with Crippen molar-refractivity contribution < 1.29 is 4.39 Å². The quantitative estimate of drug-likeness (QED) is 0.726. The van der Waals surface area contributed by atoms with Gasteiger partial charge in [0.25, 0.3) is 0 Å². The van der Waals surface area contributed by atoms with Crippen LogP contribution in [0.2, 0.25) is 0 Å². The molecule has 4 heteroatoms. The van der Waals surface area contributed by atoms with E-state index >= 15 is 0 Å². The Bertz CT molecular complexity index is 232. The zero-order valence-electron chi connectivity index (χ0n) is 7.20. The van der Waals surface area contributed by atoms with Gasteiger partial charge >= 0.3 is 0 Å². The maximum Gasteiger partial charge on any atom is 0.115 e. The van der Waals surface area contributed by atoms with Crippen LogP contribution in [0.1, 0.15) is 12.6 Å². The molecule has 0 radical (unpaired) electrons. The lowest BCUT2D eigenvalue weighted by atomic mass is 10.3. The van der Waals surface area contributed by atoms with Crippen molar-refractivity contribution in [1.29, 1.82) is 0 Å². The number of halogens is 1. The molecule has 0 aliphatic heterocycles. The first-order valence-corrected chi connectivity index (χ1v) is 4.07. The summed E-state index contributed by atoms with van der Waals surface area (Å²) in [6.45, 7) is 2.48. The van der Waals surface area contributed by atoms with Crippen LogP contribution in [-0.2, 0) is 13.0 Å². The summed E-state index contributed by atoms with van der Waals surface area (Å²) in [5.74, 6) is 0. The average molecular weight is 171 g/mol. The van der Waals surface area contributed by atoms with Gasteiger partial charge in [0.2, 0.25) is 0 Å². The molecule has 0 saturated carbocycles. The van der Waals surface area contributed by atoms with Crippen LogP contribution in [0.5, 0.6) is 0 Å². The minimum Gasteiger partial charge on any atom is -0.332 e. The lowest BCUT2D eigenvalue weighted by molar-refractivity contribution is 0.317. The van der Waals surface area contributed by atoms with Crippen molar-refractivity contribution in [1.82, 2.24) is 9.55 Å². The van der Waals surface area contributed by atoms with Crippen molar-refractivity contribution >= 4 is 0 Å².